The number of rotatable bonds is 0. The molecule has 0 radical (unpaired) electrons. The molecule has 6 nitrogen and oxygen atoms in total. The zero-order chi connectivity index (χ0) is 14.9. The van der Waals surface area contributed by atoms with Crippen molar-refractivity contribution in [2.45, 2.75) is 6.18 Å². The van der Waals surface area contributed by atoms with Crippen molar-refractivity contribution in [3.8, 4) is 0 Å². The van der Waals surface area contributed by atoms with Crippen LogP contribution in [0.25, 0.3) is 0 Å². The Morgan fingerprint density at radius 1 is 1.10 bits per heavy atom. The van der Waals surface area contributed by atoms with Crippen LogP contribution in [0.1, 0.15) is 0 Å². The van der Waals surface area contributed by atoms with Gasteiger partial charge in [-0.3, -0.25) is 4.79 Å². The van der Waals surface area contributed by atoms with Gasteiger partial charge in [-0.05, 0) is 0 Å². The van der Waals surface area contributed by atoms with Crippen molar-refractivity contribution in [1.29, 1.82) is 0 Å². The summed E-state index contributed by atoms with van der Waals surface area (Å²) in [6.45, 7) is -0.0555. The number of hydrogen-bond acceptors (Lipinski definition) is 2. The highest BCUT2D eigenvalue weighted by Gasteiger charge is 2.43. The second-order valence-electron chi connectivity index (χ2n) is 4.55. The van der Waals surface area contributed by atoms with Crippen LogP contribution in [0.4, 0.5) is 18.0 Å². The third-order valence-electron chi connectivity index (χ3n) is 3.07. The van der Waals surface area contributed by atoms with Crippen molar-refractivity contribution in [1.82, 2.24) is 14.4 Å². The Labute approximate surface area is 113 Å². The Balaban J connectivity index is 1.95. The van der Waals surface area contributed by atoms with E-state index >= 15 is 0 Å². The Morgan fingerprint density at radius 2 is 1.65 bits per heavy atom. The first-order valence-electron chi connectivity index (χ1n) is 5.97. The minimum Gasteiger partial charge on any atom is -0.331 e. The van der Waals surface area contributed by atoms with Crippen molar-refractivity contribution >= 4 is 11.9 Å². The summed E-state index contributed by atoms with van der Waals surface area (Å²) in [5.74, 6) is -1.85. The highest BCUT2D eigenvalue weighted by Crippen LogP contribution is 2.19. The number of amides is 2. The van der Waals surface area contributed by atoms with E-state index < -0.39 is 12.1 Å². The smallest absolute Gasteiger partial charge is 0.331 e. The fraction of sp³-hybridized carbons (Fsp3) is 0.545. The van der Waals surface area contributed by atoms with Gasteiger partial charge in [-0.15, -0.1) is 0 Å². The van der Waals surface area contributed by atoms with Crippen molar-refractivity contribution < 1.29 is 27.3 Å². The van der Waals surface area contributed by atoms with Gasteiger partial charge >= 0.3 is 18.1 Å². The van der Waals surface area contributed by atoms with E-state index in [9.17, 15) is 22.8 Å². The molecule has 0 unspecified atom stereocenters. The number of carbonyl (C=O) groups excluding carboxylic acids is 2. The van der Waals surface area contributed by atoms with Crippen molar-refractivity contribution in [2.24, 2.45) is 7.05 Å². The number of hydrogen-bond donors (Lipinski definition) is 0. The summed E-state index contributed by atoms with van der Waals surface area (Å²) in [4.78, 5) is 25.2. The first-order valence-corrected chi connectivity index (χ1v) is 5.97. The Kier molecular flexibility index (Phi) is 3.69. The number of nitrogens with zero attached hydrogens (tertiary/aromatic N) is 4. The average Bonchev–Trinajstić information content (AvgIpc) is 2.83. The molecule has 2 heterocycles. The number of halogens is 3. The van der Waals surface area contributed by atoms with Gasteiger partial charge < -0.3 is 9.80 Å². The van der Waals surface area contributed by atoms with Crippen LogP contribution in [-0.4, -0.2) is 58.7 Å². The largest absolute Gasteiger partial charge is 0.471 e. The number of piperazine rings is 1. The van der Waals surface area contributed by atoms with Crippen LogP contribution in [0.2, 0.25) is 0 Å². The molecule has 0 aliphatic carbocycles. The fourth-order valence-electron chi connectivity index (χ4n) is 2.01. The predicted octanol–water partition coefficient (Wildman–Crippen LogP) is -0.0128. The summed E-state index contributed by atoms with van der Waals surface area (Å²) < 4.78 is 39.9. The first kappa shape index (κ1) is 14.4. The molecule has 0 N–H and O–H groups in total. The molecule has 9 heteroatoms. The van der Waals surface area contributed by atoms with Gasteiger partial charge in [-0.1, -0.05) is 0 Å². The SMILES string of the molecule is C[n+]1ccn(C(=O)N2CCN(C(=O)C(F)(F)F)CC2)c1. The van der Waals surface area contributed by atoms with Gasteiger partial charge in [-0.25, -0.2) is 9.36 Å². The molecule has 1 aliphatic rings. The lowest BCUT2D eigenvalue weighted by Gasteiger charge is -2.33. The minimum absolute atomic E-state index is 0.0859. The summed E-state index contributed by atoms with van der Waals surface area (Å²) in [6.07, 6.45) is -0.0488. The lowest BCUT2D eigenvalue weighted by molar-refractivity contribution is -0.670. The van der Waals surface area contributed by atoms with E-state index in [0.29, 0.717) is 0 Å². The standard InChI is InChI=1S/C11H14F3N4O2/c1-15-2-3-18(8-15)10(20)17-6-4-16(5-7-17)9(19)11(12,13)14/h2-3,8H,4-7H2,1H3/q+1. The third-order valence-corrected chi connectivity index (χ3v) is 3.07. The Bertz CT molecular complexity index is 518. The maximum absolute atomic E-state index is 12.3. The lowest BCUT2D eigenvalue weighted by Crippen LogP contribution is -2.54. The average molecular weight is 291 g/mol. The summed E-state index contributed by atoms with van der Waals surface area (Å²) in [7, 11) is 1.75. The molecule has 1 saturated heterocycles. The number of carbonyl (C=O) groups is 2. The van der Waals surface area contributed by atoms with E-state index in [1.807, 2.05) is 0 Å². The van der Waals surface area contributed by atoms with Crippen molar-refractivity contribution in [3.05, 3.63) is 18.7 Å². The molecule has 1 aliphatic heterocycles. The molecule has 2 amide bonds. The quantitative estimate of drug-likeness (QED) is 0.631. The molecule has 0 bridgehead atoms. The maximum atomic E-state index is 12.3. The zero-order valence-electron chi connectivity index (χ0n) is 10.8. The topological polar surface area (TPSA) is 49.4 Å². The highest BCUT2D eigenvalue weighted by molar-refractivity contribution is 5.82. The molecule has 20 heavy (non-hydrogen) atoms. The fourth-order valence-corrected chi connectivity index (χ4v) is 2.01. The molecule has 0 saturated carbocycles. The van der Waals surface area contributed by atoms with E-state index in [1.165, 1.54) is 9.47 Å². The van der Waals surface area contributed by atoms with Crippen LogP contribution >= 0.6 is 0 Å². The Hall–Kier alpha value is -2.06. The van der Waals surface area contributed by atoms with Crippen LogP contribution in [-0.2, 0) is 11.8 Å². The maximum Gasteiger partial charge on any atom is 0.471 e. The van der Waals surface area contributed by atoms with E-state index in [-0.39, 0.29) is 32.2 Å². The molecular formula is C11H14F3N4O2+. The molecule has 110 valence electrons. The van der Waals surface area contributed by atoms with Gasteiger partial charge in [-0.2, -0.15) is 17.7 Å². The summed E-state index contributed by atoms with van der Waals surface area (Å²) in [5, 5.41) is 0. The summed E-state index contributed by atoms with van der Waals surface area (Å²) >= 11 is 0. The van der Waals surface area contributed by atoms with Crippen LogP contribution in [0, 0.1) is 0 Å². The molecule has 1 fully saturated rings. The zero-order valence-corrected chi connectivity index (χ0v) is 10.8. The van der Waals surface area contributed by atoms with Gasteiger partial charge in [0, 0.05) is 26.2 Å². The van der Waals surface area contributed by atoms with Gasteiger partial charge in [0.1, 0.15) is 12.4 Å². The van der Waals surface area contributed by atoms with Gasteiger partial charge in [0.2, 0.25) is 0 Å². The number of alkyl halides is 3. The van der Waals surface area contributed by atoms with Gasteiger partial charge in [0.25, 0.3) is 6.33 Å². The molecular weight excluding hydrogens is 277 g/mol. The Morgan fingerprint density at radius 3 is 2.10 bits per heavy atom. The second-order valence-corrected chi connectivity index (χ2v) is 4.55. The first-order chi connectivity index (χ1) is 9.29. The normalized spacial score (nSPS) is 16.4. The predicted molar refractivity (Wildman–Crippen MR) is 60.6 cm³/mol. The van der Waals surface area contributed by atoms with Crippen LogP contribution in [0.5, 0.6) is 0 Å². The number of aromatic nitrogens is 2. The van der Waals surface area contributed by atoms with Crippen LogP contribution < -0.4 is 4.57 Å². The second kappa shape index (κ2) is 5.14. The molecule has 2 rings (SSSR count). The minimum atomic E-state index is -4.86. The monoisotopic (exact) mass is 291 g/mol. The number of imidazole rings is 1. The molecule has 0 aromatic carbocycles. The molecule has 1 aromatic rings. The summed E-state index contributed by atoms with van der Waals surface area (Å²) in [6, 6.07) is -0.315. The van der Waals surface area contributed by atoms with Crippen molar-refractivity contribution in [2.75, 3.05) is 26.2 Å². The molecule has 0 spiro atoms. The lowest BCUT2D eigenvalue weighted by atomic mass is 10.3. The van der Waals surface area contributed by atoms with E-state index in [0.717, 1.165) is 4.90 Å². The molecule has 0 atom stereocenters. The summed E-state index contributed by atoms with van der Waals surface area (Å²) in [5.41, 5.74) is 0. The van der Waals surface area contributed by atoms with Crippen LogP contribution in [0.15, 0.2) is 18.7 Å². The third kappa shape index (κ3) is 2.91. The van der Waals surface area contributed by atoms with Gasteiger partial charge in [0.05, 0.1) is 7.05 Å². The van der Waals surface area contributed by atoms with E-state index in [1.54, 1.807) is 30.3 Å². The van der Waals surface area contributed by atoms with Gasteiger partial charge in [0.15, 0.2) is 0 Å². The van der Waals surface area contributed by atoms with Crippen LogP contribution in [0.3, 0.4) is 0 Å². The van der Waals surface area contributed by atoms with E-state index in [4.69, 9.17) is 0 Å². The highest BCUT2D eigenvalue weighted by atomic mass is 19.4. The van der Waals surface area contributed by atoms with E-state index in [2.05, 4.69) is 0 Å². The molecule has 1 aromatic heterocycles. The van der Waals surface area contributed by atoms with Crippen molar-refractivity contribution in [3.63, 3.8) is 0 Å². The number of aryl methyl sites for hydroxylation is 1.